The fourth-order valence-electron chi connectivity index (χ4n) is 1.20. The summed E-state index contributed by atoms with van der Waals surface area (Å²) in [5, 5.41) is 0. The largest absolute Gasteiger partial charge is 0.352 e. The Kier molecular flexibility index (Phi) is 3.13. The lowest BCUT2D eigenvalue weighted by Gasteiger charge is -2.36. The van der Waals surface area contributed by atoms with Crippen molar-refractivity contribution in [1.29, 1.82) is 0 Å². The van der Waals surface area contributed by atoms with E-state index in [9.17, 15) is 0 Å². The van der Waals surface area contributed by atoms with Crippen LogP contribution in [-0.2, 0) is 9.47 Å². The predicted octanol–water partition coefficient (Wildman–Crippen LogP) is 2.43. The van der Waals surface area contributed by atoms with Crippen LogP contribution in [0.3, 0.4) is 0 Å². The normalized spacial score (nSPS) is 24.0. The maximum absolute atomic E-state index is 5.54. The average Bonchev–Trinajstić information content (AvgIpc) is 2.03. The molecule has 0 aromatic rings. The molecular weight excluding hydrogens is 152 g/mol. The summed E-state index contributed by atoms with van der Waals surface area (Å²) in [4.78, 5) is 0. The highest BCUT2D eigenvalue weighted by Gasteiger charge is 2.30. The summed E-state index contributed by atoms with van der Waals surface area (Å²) < 4.78 is 11.1. The smallest absolute Gasteiger partial charge is 0.160 e. The molecule has 0 N–H and O–H groups in total. The lowest BCUT2D eigenvalue weighted by atomic mass is 9.81. The van der Waals surface area contributed by atoms with Gasteiger partial charge in [0.15, 0.2) is 6.29 Å². The summed E-state index contributed by atoms with van der Waals surface area (Å²) in [5.41, 5.74) is 0.266. The molecule has 0 aromatic carbocycles. The molecule has 1 saturated heterocycles. The first kappa shape index (κ1) is 10.0. The minimum Gasteiger partial charge on any atom is -0.352 e. The van der Waals surface area contributed by atoms with Crippen LogP contribution in [0.4, 0.5) is 0 Å². The van der Waals surface area contributed by atoms with Gasteiger partial charge in [0.1, 0.15) is 0 Å². The van der Waals surface area contributed by atoms with Crippen molar-refractivity contribution in [2.45, 2.75) is 40.4 Å². The first-order valence-corrected chi connectivity index (χ1v) is 4.75. The fraction of sp³-hybridized carbons (Fsp3) is 1.00. The molecule has 0 aromatic heterocycles. The Morgan fingerprint density at radius 1 is 1.17 bits per heavy atom. The van der Waals surface area contributed by atoms with E-state index in [2.05, 4.69) is 27.7 Å². The topological polar surface area (TPSA) is 18.5 Å². The van der Waals surface area contributed by atoms with Crippen molar-refractivity contribution in [3.8, 4) is 0 Å². The third-order valence-corrected chi connectivity index (χ3v) is 2.63. The molecule has 0 amide bonds. The van der Waals surface area contributed by atoms with E-state index in [1.807, 2.05) is 0 Å². The molecule has 0 bridgehead atoms. The van der Waals surface area contributed by atoms with E-state index in [1.165, 1.54) is 0 Å². The Morgan fingerprint density at radius 2 is 1.67 bits per heavy atom. The molecule has 0 aliphatic carbocycles. The van der Waals surface area contributed by atoms with Crippen LogP contribution in [-0.4, -0.2) is 19.5 Å². The summed E-state index contributed by atoms with van der Waals surface area (Å²) in [6.45, 7) is 10.6. The van der Waals surface area contributed by atoms with Crippen LogP contribution >= 0.6 is 0 Å². The summed E-state index contributed by atoms with van der Waals surface area (Å²) in [6, 6.07) is 0. The molecule has 1 atom stereocenters. The lowest BCUT2D eigenvalue weighted by Crippen LogP contribution is -2.37. The first-order chi connectivity index (χ1) is 5.52. The number of ether oxygens (including phenoxy) is 2. The molecule has 1 fully saturated rings. The Hall–Kier alpha value is -0.0800. The molecule has 1 aliphatic rings. The van der Waals surface area contributed by atoms with Crippen LogP contribution in [0.1, 0.15) is 34.1 Å². The van der Waals surface area contributed by atoms with Gasteiger partial charge in [0.25, 0.3) is 0 Å². The predicted molar refractivity (Wildman–Crippen MR) is 48.9 cm³/mol. The third-order valence-electron chi connectivity index (χ3n) is 2.63. The van der Waals surface area contributed by atoms with Crippen molar-refractivity contribution in [1.82, 2.24) is 0 Å². The third kappa shape index (κ3) is 2.46. The van der Waals surface area contributed by atoms with E-state index in [0.29, 0.717) is 5.92 Å². The number of hydrogen-bond acceptors (Lipinski definition) is 2. The van der Waals surface area contributed by atoms with Gasteiger partial charge < -0.3 is 9.47 Å². The highest BCUT2D eigenvalue weighted by molar-refractivity contribution is 4.74. The van der Waals surface area contributed by atoms with Crippen LogP contribution in [0.5, 0.6) is 0 Å². The summed E-state index contributed by atoms with van der Waals surface area (Å²) in [5.74, 6) is 0.456. The van der Waals surface area contributed by atoms with Crippen molar-refractivity contribution in [3.63, 3.8) is 0 Å². The Labute approximate surface area is 75.2 Å². The van der Waals surface area contributed by atoms with Gasteiger partial charge in [0.05, 0.1) is 13.2 Å². The van der Waals surface area contributed by atoms with Crippen molar-refractivity contribution in [2.75, 3.05) is 13.2 Å². The Balaban J connectivity index is 2.45. The van der Waals surface area contributed by atoms with Gasteiger partial charge >= 0.3 is 0 Å². The highest BCUT2D eigenvalue weighted by atomic mass is 16.7. The molecule has 1 rings (SSSR count). The van der Waals surface area contributed by atoms with Gasteiger partial charge in [-0.1, -0.05) is 27.7 Å². The molecule has 0 radical (unpaired) electrons. The second-order valence-electron chi connectivity index (χ2n) is 4.62. The number of hydrogen-bond donors (Lipinski definition) is 0. The minimum atomic E-state index is 0.0127. The zero-order chi connectivity index (χ0) is 9.19. The molecule has 0 spiro atoms. The second kappa shape index (κ2) is 3.75. The van der Waals surface area contributed by atoms with E-state index in [1.54, 1.807) is 0 Å². The highest BCUT2D eigenvalue weighted by Crippen LogP contribution is 2.31. The molecule has 2 heteroatoms. The van der Waals surface area contributed by atoms with Gasteiger partial charge in [-0.2, -0.15) is 0 Å². The fourth-order valence-corrected chi connectivity index (χ4v) is 1.20. The lowest BCUT2D eigenvalue weighted by molar-refractivity contribution is -0.216. The van der Waals surface area contributed by atoms with Crippen molar-refractivity contribution in [2.24, 2.45) is 11.3 Å². The Bertz CT molecular complexity index is 131. The maximum atomic E-state index is 5.54. The minimum absolute atomic E-state index is 0.0127. The van der Waals surface area contributed by atoms with Gasteiger partial charge in [-0.15, -0.1) is 0 Å². The van der Waals surface area contributed by atoms with E-state index in [0.717, 1.165) is 19.6 Å². The molecular formula is C10H20O2. The van der Waals surface area contributed by atoms with E-state index >= 15 is 0 Å². The van der Waals surface area contributed by atoms with Crippen LogP contribution in [0.2, 0.25) is 0 Å². The van der Waals surface area contributed by atoms with Gasteiger partial charge in [-0.05, 0) is 11.8 Å². The molecule has 1 unspecified atom stereocenters. The molecule has 12 heavy (non-hydrogen) atoms. The Morgan fingerprint density at radius 3 is 2.08 bits per heavy atom. The van der Waals surface area contributed by atoms with Crippen LogP contribution in [0.25, 0.3) is 0 Å². The molecule has 0 saturated carbocycles. The monoisotopic (exact) mass is 172 g/mol. The average molecular weight is 172 g/mol. The van der Waals surface area contributed by atoms with Crippen molar-refractivity contribution >= 4 is 0 Å². The first-order valence-electron chi connectivity index (χ1n) is 4.75. The van der Waals surface area contributed by atoms with Crippen LogP contribution in [0, 0.1) is 11.3 Å². The SMILES string of the molecule is CC(C1OCCCO1)C(C)(C)C. The molecule has 1 aliphatic heterocycles. The van der Waals surface area contributed by atoms with Gasteiger partial charge in [0.2, 0.25) is 0 Å². The summed E-state index contributed by atoms with van der Waals surface area (Å²) >= 11 is 0. The second-order valence-corrected chi connectivity index (χ2v) is 4.62. The standard InChI is InChI=1S/C10H20O2/c1-8(10(2,3)4)9-11-6-5-7-12-9/h8-9H,5-7H2,1-4H3. The molecule has 72 valence electrons. The van der Waals surface area contributed by atoms with Crippen molar-refractivity contribution in [3.05, 3.63) is 0 Å². The van der Waals surface area contributed by atoms with Crippen LogP contribution < -0.4 is 0 Å². The summed E-state index contributed by atoms with van der Waals surface area (Å²) in [7, 11) is 0. The zero-order valence-corrected chi connectivity index (χ0v) is 8.59. The van der Waals surface area contributed by atoms with E-state index in [-0.39, 0.29) is 11.7 Å². The van der Waals surface area contributed by atoms with Gasteiger partial charge in [0, 0.05) is 5.92 Å². The van der Waals surface area contributed by atoms with E-state index in [4.69, 9.17) is 9.47 Å². The molecule has 2 nitrogen and oxygen atoms in total. The summed E-state index contributed by atoms with van der Waals surface area (Å²) in [6.07, 6.45) is 1.05. The number of rotatable bonds is 1. The maximum Gasteiger partial charge on any atom is 0.160 e. The molecule has 1 heterocycles. The zero-order valence-electron chi connectivity index (χ0n) is 8.59. The van der Waals surface area contributed by atoms with Crippen molar-refractivity contribution < 1.29 is 9.47 Å². The van der Waals surface area contributed by atoms with Gasteiger partial charge in [-0.25, -0.2) is 0 Å². The van der Waals surface area contributed by atoms with Gasteiger partial charge in [-0.3, -0.25) is 0 Å². The van der Waals surface area contributed by atoms with E-state index < -0.39 is 0 Å². The van der Waals surface area contributed by atoms with Crippen LogP contribution in [0.15, 0.2) is 0 Å². The quantitative estimate of drug-likeness (QED) is 0.605.